The van der Waals surface area contributed by atoms with Gasteiger partial charge in [0.1, 0.15) is 5.54 Å². The lowest BCUT2D eigenvalue weighted by Gasteiger charge is -2.53. The quantitative estimate of drug-likeness (QED) is 0.400. The number of hydrazone groups is 1. The highest BCUT2D eigenvalue weighted by Crippen LogP contribution is 2.42. The number of nitrogens with zero attached hydrogens (tertiary/aromatic N) is 6. The van der Waals surface area contributed by atoms with Gasteiger partial charge in [0.2, 0.25) is 5.91 Å². The molecule has 0 radical (unpaired) electrons. The van der Waals surface area contributed by atoms with Gasteiger partial charge in [0.15, 0.2) is 11.7 Å². The van der Waals surface area contributed by atoms with E-state index in [4.69, 9.17) is 4.74 Å². The summed E-state index contributed by atoms with van der Waals surface area (Å²) in [7, 11) is 1.35. The fraction of sp³-hybridized carbons (Fsp3) is 0.583. The van der Waals surface area contributed by atoms with E-state index in [1.165, 1.54) is 18.9 Å². The number of hydrogen-bond acceptors (Lipinski definition) is 8. The van der Waals surface area contributed by atoms with Crippen molar-refractivity contribution < 1.29 is 45.5 Å². The van der Waals surface area contributed by atoms with Gasteiger partial charge in [-0.25, -0.2) is 10.4 Å². The molecular weight excluding hydrogens is 564 g/mol. The maximum Gasteiger partial charge on any atom is 0.417 e. The molecule has 3 aliphatic rings. The van der Waals surface area contributed by atoms with Crippen molar-refractivity contribution in [1.82, 2.24) is 15.3 Å². The lowest BCUT2D eigenvalue weighted by Crippen LogP contribution is -2.70. The van der Waals surface area contributed by atoms with E-state index in [0.717, 1.165) is 17.2 Å². The minimum atomic E-state index is -4.85. The summed E-state index contributed by atoms with van der Waals surface area (Å²) in [4.78, 5) is 49.8. The Morgan fingerprint density at radius 3 is 2.61 bits per heavy atom. The Morgan fingerprint density at radius 1 is 1.24 bits per heavy atom. The van der Waals surface area contributed by atoms with Crippen LogP contribution in [0.2, 0.25) is 0 Å². The van der Waals surface area contributed by atoms with Gasteiger partial charge in [-0.05, 0) is 19.9 Å². The van der Waals surface area contributed by atoms with Crippen LogP contribution in [0.5, 0.6) is 0 Å². The molecule has 224 valence electrons. The van der Waals surface area contributed by atoms with E-state index in [2.05, 4.69) is 15.1 Å². The van der Waals surface area contributed by atoms with E-state index in [1.807, 2.05) is 0 Å². The number of likely N-dealkylation sites (N-methyl/N-ethyl adjacent to an activating group) is 1. The number of alkyl halides is 6. The molecule has 0 saturated carbocycles. The van der Waals surface area contributed by atoms with Crippen molar-refractivity contribution in [2.75, 3.05) is 49.7 Å². The van der Waals surface area contributed by atoms with Crippen molar-refractivity contribution in [2.24, 2.45) is 16.0 Å². The zero-order valence-electron chi connectivity index (χ0n) is 22.2. The molecule has 0 bridgehead atoms. The van der Waals surface area contributed by atoms with Crippen LogP contribution in [0.4, 0.5) is 37.8 Å². The molecule has 3 amide bonds. The number of hydrogen-bond donors (Lipinski definition) is 1. The van der Waals surface area contributed by atoms with Gasteiger partial charge in [-0.15, -0.1) is 0 Å². The number of nitrogens with one attached hydrogen (secondary N) is 1. The number of amides is 3. The highest BCUT2D eigenvalue weighted by Gasteiger charge is 2.52. The summed E-state index contributed by atoms with van der Waals surface area (Å²) in [5, 5.41) is 3.37. The molecule has 1 aromatic rings. The molecule has 4 rings (SSSR count). The Kier molecular flexibility index (Phi) is 8.03. The molecule has 11 nitrogen and oxygen atoms in total. The number of pyridine rings is 1. The fourth-order valence-corrected chi connectivity index (χ4v) is 4.99. The number of carbonyl (C=O) groups excluding carboxylic acids is 3. The predicted molar refractivity (Wildman–Crippen MR) is 133 cm³/mol. The SMILES string of the molecule is C[C@@H](COCCC(=O)N1CCN2c3ncc(C(F)(F)F)cc3N(C)C(=O)[C@]2(C)C1)N=C1C=NNC(=O)C1C(F)(F)F. The van der Waals surface area contributed by atoms with Crippen LogP contribution >= 0.6 is 0 Å². The monoisotopic (exact) mass is 591 g/mol. The number of piperazine rings is 1. The minimum absolute atomic E-state index is 0.0230. The van der Waals surface area contributed by atoms with Gasteiger partial charge >= 0.3 is 12.4 Å². The average molecular weight is 592 g/mol. The third-order valence-corrected chi connectivity index (χ3v) is 7.04. The zero-order valence-corrected chi connectivity index (χ0v) is 22.2. The molecule has 1 aromatic heterocycles. The van der Waals surface area contributed by atoms with E-state index in [-0.39, 0.29) is 56.7 Å². The number of rotatable bonds is 6. The number of halogens is 6. The molecule has 1 saturated heterocycles. The molecule has 17 heteroatoms. The molecule has 3 atom stereocenters. The normalized spacial score (nSPS) is 24.8. The van der Waals surface area contributed by atoms with Gasteiger partial charge in [-0.2, -0.15) is 31.4 Å². The van der Waals surface area contributed by atoms with Gasteiger partial charge in [0, 0.05) is 26.3 Å². The molecule has 0 aliphatic carbocycles. The van der Waals surface area contributed by atoms with Crippen LogP contribution < -0.4 is 15.2 Å². The first kappa shape index (κ1) is 30.2. The molecule has 1 fully saturated rings. The molecule has 1 N–H and O–H groups in total. The number of fused-ring (bicyclic) bond motifs is 3. The topological polar surface area (TPSA) is 120 Å². The van der Waals surface area contributed by atoms with Gasteiger partial charge < -0.3 is 19.4 Å². The van der Waals surface area contributed by atoms with Gasteiger partial charge in [-0.3, -0.25) is 19.4 Å². The summed E-state index contributed by atoms with van der Waals surface area (Å²) >= 11 is 0. The highest BCUT2D eigenvalue weighted by molar-refractivity contribution is 6.37. The number of ether oxygens (including phenoxy) is 1. The first-order chi connectivity index (χ1) is 19.0. The molecule has 0 spiro atoms. The summed E-state index contributed by atoms with van der Waals surface area (Å²) in [5.41, 5.74) is -1.01. The number of anilines is 2. The largest absolute Gasteiger partial charge is 0.417 e. The predicted octanol–water partition coefficient (Wildman–Crippen LogP) is 2.01. The fourth-order valence-electron chi connectivity index (χ4n) is 4.99. The second-order valence-electron chi connectivity index (χ2n) is 10.1. The summed E-state index contributed by atoms with van der Waals surface area (Å²) in [6, 6.07) is 0.102. The maximum absolute atomic E-state index is 13.3. The van der Waals surface area contributed by atoms with E-state index in [0.29, 0.717) is 6.20 Å². The van der Waals surface area contributed by atoms with Crippen LogP contribution in [0.15, 0.2) is 22.4 Å². The lowest BCUT2D eigenvalue weighted by atomic mass is 9.90. The van der Waals surface area contributed by atoms with Crippen molar-refractivity contribution >= 4 is 41.2 Å². The van der Waals surface area contributed by atoms with Crippen LogP contribution in [-0.4, -0.2) is 97.2 Å². The van der Waals surface area contributed by atoms with Gasteiger partial charge in [0.05, 0.1) is 55.4 Å². The van der Waals surface area contributed by atoms with Crippen LogP contribution in [-0.2, 0) is 25.3 Å². The van der Waals surface area contributed by atoms with Crippen LogP contribution in [0.3, 0.4) is 0 Å². The van der Waals surface area contributed by atoms with Crippen molar-refractivity contribution in [3.8, 4) is 0 Å². The van der Waals surface area contributed by atoms with E-state index in [1.54, 1.807) is 17.2 Å². The minimum Gasteiger partial charge on any atom is -0.379 e. The Labute approximate surface area is 230 Å². The Hall–Kier alpha value is -3.76. The Bertz CT molecular complexity index is 1280. The highest BCUT2D eigenvalue weighted by atomic mass is 19.4. The first-order valence-electron chi connectivity index (χ1n) is 12.5. The standard InChI is InChI=1S/C24H27F6N7O4/c1-13(33-15-10-32-34-20(39)18(15)24(28,29)30)11-41-7-4-17(38)36-5-6-37-19-16(8-14(9-31-19)23(25,26)27)35(3)21(40)22(37,2)12-36/h8-10,13,18H,4-7,11-12H2,1-3H3,(H,34,39)/t13-,18?,22-/m0/s1. The number of aliphatic imine (C=N–C) groups is 1. The Balaban J connectivity index is 1.34. The summed E-state index contributed by atoms with van der Waals surface area (Å²) < 4.78 is 84.7. The van der Waals surface area contributed by atoms with Crippen LogP contribution in [0, 0.1) is 5.92 Å². The molecule has 3 aliphatic heterocycles. The third-order valence-electron chi connectivity index (χ3n) is 7.04. The maximum atomic E-state index is 13.3. The van der Waals surface area contributed by atoms with Crippen molar-refractivity contribution in [3.63, 3.8) is 0 Å². The van der Waals surface area contributed by atoms with Crippen LogP contribution in [0.25, 0.3) is 0 Å². The average Bonchev–Trinajstić information content (AvgIpc) is 2.88. The molecular formula is C24H27F6N7O4. The number of aromatic nitrogens is 1. The Morgan fingerprint density at radius 2 is 1.95 bits per heavy atom. The first-order valence-corrected chi connectivity index (χ1v) is 12.5. The van der Waals surface area contributed by atoms with Crippen molar-refractivity contribution in [1.29, 1.82) is 0 Å². The summed E-state index contributed by atoms with van der Waals surface area (Å²) in [6.07, 6.45) is -8.03. The summed E-state index contributed by atoms with van der Waals surface area (Å²) in [5.74, 6) is -4.41. The third kappa shape index (κ3) is 5.99. The van der Waals surface area contributed by atoms with Gasteiger partial charge in [-0.1, -0.05) is 0 Å². The van der Waals surface area contributed by atoms with Crippen LogP contribution in [0.1, 0.15) is 25.8 Å². The van der Waals surface area contributed by atoms with E-state index < -0.39 is 52.9 Å². The second kappa shape index (κ2) is 10.9. The molecule has 0 aromatic carbocycles. The van der Waals surface area contributed by atoms with E-state index >= 15 is 0 Å². The molecule has 41 heavy (non-hydrogen) atoms. The number of carbonyl (C=O) groups is 3. The zero-order chi connectivity index (χ0) is 30.3. The smallest absolute Gasteiger partial charge is 0.379 e. The molecule has 4 heterocycles. The lowest BCUT2D eigenvalue weighted by molar-refractivity contribution is -0.168. The van der Waals surface area contributed by atoms with Crippen molar-refractivity contribution in [2.45, 2.75) is 44.2 Å². The molecule has 1 unspecified atom stereocenters. The second-order valence-corrected chi connectivity index (χ2v) is 10.1. The van der Waals surface area contributed by atoms with Crippen molar-refractivity contribution in [3.05, 3.63) is 17.8 Å². The van der Waals surface area contributed by atoms with Gasteiger partial charge in [0.25, 0.3) is 11.8 Å². The van der Waals surface area contributed by atoms with E-state index in [9.17, 15) is 40.7 Å². The summed E-state index contributed by atoms with van der Waals surface area (Å²) in [6.45, 7) is 3.15.